The maximum Gasteiger partial charge on any atom is 0.290 e. The summed E-state index contributed by atoms with van der Waals surface area (Å²) in [7, 11) is -4.28. The highest BCUT2D eigenvalue weighted by molar-refractivity contribution is 7.90. The van der Waals surface area contributed by atoms with Gasteiger partial charge >= 0.3 is 0 Å². The molecule has 0 aliphatic heterocycles. The van der Waals surface area contributed by atoms with Crippen LogP contribution in [0.1, 0.15) is 0 Å². The van der Waals surface area contributed by atoms with Gasteiger partial charge in [-0.3, -0.25) is 0 Å². The zero-order valence-corrected chi connectivity index (χ0v) is 8.33. The maximum atomic E-state index is 13.2. The Bertz CT molecular complexity index is 487. The van der Waals surface area contributed by atoms with Crippen LogP contribution in [0.4, 0.5) is 10.1 Å². The molecule has 1 aromatic carbocycles. The Hall–Kier alpha value is -1.83. The molecule has 0 saturated carbocycles. The molecule has 0 radical (unpaired) electrons. The molecule has 8 heteroatoms. The van der Waals surface area contributed by atoms with Crippen LogP contribution in [0.25, 0.3) is 0 Å². The van der Waals surface area contributed by atoms with Crippen molar-refractivity contribution < 1.29 is 12.8 Å². The number of nitrogens with two attached hydrogens (primary N) is 3. The van der Waals surface area contributed by atoms with E-state index in [0.717, 1.165) is 6.07 Å². The molecule has 0 unspecified atom stereocenters. The van der Waals surface area contributed by atoms with E-state index in [1.807, 2.05) is 0 Å². The summed E-state index contributed by atoms with van der Waals surface area (Å²) in [6.07, 6.45) is 0. The average molecular weight is 232 g/mol. The van der Waals surface area contributed by atoms with E-state index in [9.17, 15) is 12.8 Å². The van der Waals surface area contributed by atoms with Crippen molar-refractivity contribution in [1.82, 2.24) is 0 Å². The summed E-state index contributed by atoms with van der Waals surface area (Å²) in [4.78, 5) is -0.724. The van der Waals surface area contributed by atoms with Gasteiger partial charge in [-0.25, -0.2) is 4.39 Å². The highest BCUT2D eigenvalue weighted by Crippen LogP contribution is 2.23. The summed E-state index contributed by atoms with van der Waals surface area (Å²) in [6.45, 7) is 0. The number of sulfonamides is 1. The summed E-state index contributed by atoms with van der Waals surface area (Å²) < 4.78 is 38.9. The average Bonchev–Trinajstić information content (AvgIpc) is 1.99. The molecule has 0 bridgehead atoms. The second-order valence-corrected chi connectivity index (χ2v) is 4.19. The summed E-state index contributed by atoms with van der Waals surface area (Å²) >= 11 is 0. The lowest BCUT2D eigenvalue weighted by Gasteiger charge is -2.04. The van der Waals surface area contributed by atoms with Crippen LogP contribution >= 0.6 is 0 Å². The van der Waals surface area contributed by atoms with Gasteiger partial charge in [0.1, 0.15) is 10.7 Å². The minimum Gasteiger partial charge on any atom is -0.398 e. The number of anilines is 1. The van der Waals surface area contributed by atoms with Gasteiger partial charge in [-0.15, -0.1) is 4.40 Å². The largest absolute Gasteiger partial charge is 0.398 e. The Balaban J connectivity index is 3.47. The number of hydrogen-bond acceptors (Lipinski definition) is 3. The first kappa shape index (κ1) is 11.2. The SMILES string of the molecule is NC(N)=NS(=O)(=O)c1c(N)cccc1F. The molecule has 82 valence electrons. The summed E-state index contributed by atoms with van der Waals surface area (Å²) in [5, 5.41) is 0. The predicted octanol–water partition coefficient (Wildman–Crippen LogP) is -0.630. The van der Waals surface area contributed by atoms with E-state index in [-0.39, 0.29) is 5.69 Å². The Morgan fingerprint density at radius 2 is 1.93 bits per heavy atom. The Morgan fingerprint density at radius 3 is 2.40 bits per heavy atom. The van der Waals surface area contributed by atoms with E-state index in [2.05, 4.69) is 4.40 Å². The summed E-state index contributed by atoms with van der Waals surface area (Å²) in [5.74, 6) is -1.68. The van der Waals surface area contributed by atoms with E-state index in [4.69, 9.17) is 17.2 Å². The van der Waals surface area contributed by atoms with Gasteiger partial charge < -0.3 is 17.2 Å². The van der Waals surface area contributed by atoms with E-state index >= 15 is 0 Å². The van der Waals surface area contributed by atoms with Crippen molar-refractivity contribution in [3.63, 3.8) is 0 Å². The van der Waals surface area contributed by atoms with Gasteiger partial charge in [-0.05, 0) is 12.1 Å². The molecule has 15 heavy (non-hydrogen) atoms. The molecule has 0 saturated heterocycles. The van der Waals surface area contributed by atoms with Crippen molar-refractivity contribution in [3.8, 4) is 0 Å². The first-order valence-corrected chi connectivity index (χ1v) is 5.18. The predicted molar refractivity (Wildman–Crippen MR) is 53.8 cm³/mol. The van der Waals surface area contributed by atoms with Gasteiger partial charge in [-0.2, -0.15) is 8.42 Å². The second-order valence-electron chi connectivity index (χ2n) is 2.65. The number of rotatable bonds is 2. The van der Waals surface area contributed by atoms with Gasteiger partial charge in [0.05, 0.1) is 5.69 Å². The molecule has 0 aromatic heterocycles. The van der Waals surface area contributed by atoms with Gasteiger partial charge in [0.25, 0.3) is 10.0 Å². The van der Waals surface area contributed by atoms with Crippen LogP contribution in [0.15, 0.2) is 27.5 Å². The normalized spacial score (nSPS) is 11.0. The fraction of sp³-hybridized carbons (Fsp3) is 0. The van der Waals surface area contributed by atoms with Gasteiger partial charge in [-0.1, -0.05) is 6.07 Å². The minimum absolute atomic E-state index is 0.250. The molecule has 0 aliphatic carbocycles. The molecule has 6 N–H and O–H groups in total. The highest BCUT2D eigenvalue weighted by atomic mass is 32.2. The molecule has 0 spiro atoms. The smallest absolute Gasteiger partial charge is 0.290 e. The molecule has 0 fully saturated rings. The summed E-state index contributed by atoms with van der Waals surface area (Å²) in [5.41, 5.74) is 14.9. The standard InChI is InChI=1S/C7H9FN4O2S/c8-4-2-1-3-5(9)6(4)15(13,14)12-7(10)11/h1-3H,9H2,(H4,10,11,12). The number of guanidine groups is 1. The summed E-state index contributed by atoms with van der Waals surface area (Å²) in [6, 6.07) is 3.46. The number of nitrogen functional groups attached to an aromatic ring is 1. The lowest BCUT2D eigenvalue weighted by molar-refractivity contribution is 0.569. The molecular formula is C7H9FN4O2S. The van der Waals surface area contributed by atoms with Gasteiger partial charge in [0, 0.05) is 0 Å². The van der Waals surface area contributed by atoms with Crippen LogP contribution in [-0.2, 0) is 10.0 Å². The van der Waals surface area contributed by atoms with E-state index in [1.165, 1.54) is 12.1 Å². The third kappa shape index (κ3) is 2.34. The van der Waals surface area contributed by atoms with Gasteiger partial charge in [0.2, 0.25) is 5.96 Å². The topological polar surface area (TPSA) is 125 Å². The quantitative estimate of drug-likeness (QED) is 0.355. The Labute approximate surface area is 85.6 Å². The van der Waals surface area contributed by atoms with Crippen LogP contribution < -0.4 is 17.2 Å². The van der Waals surface area contributed by atoms with E-state index in [1.54, 1.807) is 0 Å². The fourth-order valence-electron chi connectivity index (χ4n) is 0.982. The van der Waals surface area contributed by atoms with Crippen LogP contribution in [0, 0.1) is 5.82 Å². The van der Waals surface area contributed by atoms with E-state index in [0.29, 0.717) is 0 Å². The van der Waals surface area contributed by atoms with Crippen LogP contribution in [0.3, 0.4) is 0 Å². The maximum absolute atomic E-state index is 13.2. The number of hydrogen-bond donors (Lipinski definition) is 3. The number of benzene rings is 1. The van der Waals surface area contributed by atoms with Crippen LogP contribution in [0.5, 0.6) is 0 Å². The third-order valence-electron chi connectivity index (χ3n) is 1.48. The third-order valence-corrected chi connectivity index (χ3v) is 2.88. The molecular weight excluding hydrogens is 223 g/mol. The highest BCUT2D eigenvalue weighted by Gasteiger charge is 2.21. The fourth-order valence-corrected chi connectivity index (χ4v) is 2.03. The monoisotopic (exact) mass is 232 g/mol. The lowest BCUT2D eigenvalue weighted by Crippen LogP contribution is -2.24. The molecule has 0 atom stereocenters. The first-order chi connectivity index (χ1) is 6.84. The van der Waals surface area contributed by atoms with Crippen molar-refractivity contribution in [2.75, 3.05) is 5.73 Å². The van der Waals surface area contributed by atoms with Crippen LogP contribution in [0.2, 0.25) is 0 Å². The lowest BCUT2D eigenvalue weighted by atomic mass is 10.3. The molecule has 0 aliphatic rings. The van der Waals surface area contributed by atoms with Crippen molar-refractivity contribution >= 4 is 21.7 Å². The molecule has 1 rings (SSSR count). The molecule has 1 aromatic rings. The van der Waals surface area contributed by atoms with Gasteiger partial charge in [0.15, 0.2) is 0 Å². The zero-order valence-electron chi connectivity index (χ0n) is 7.51. The second kappa shape index (κ2) is 3.73. The van der Waals surface area contributed by atoms with Crippen molar-refractivity contribution in [2.45, 2.75) is 4.90 Å². The Kier molecular flexibility index (Phi) is 2.80. The molecule has 6 nitrogen and oxygen atoms in total. The first-order valence-electron chi connectivity index (χ1n) is 3.74. The van der Waals surface area contributed by atoms with E-state index < -0.39 is 26.7 Å². The zero-order chi connectivity index (χ0) is 11.6. The van der Waals surface area contributed by atoms with Crippen molar-refractivity contribution in [3.05, 3.63) is 24.0 Å². The number of nitrogens with zero attached hydrogens (tertiary/aromatic N) is 1. The number of halogens is 1. The van der Waals surface area contributed by atoms with Crippen LogP contribution in [-0.4, -0.2) is 14.4 Å². The molecule has 0 amide bonds. The minimum atomic E-state index is -4.28. The van der Waals surface area contributed by atoms with Crippen molar-refractivity contribution in [2.24, 2.45) is 15.9 Å². The molecule has 0 heterocycles. The Morgan fingerprint density at radius 1 is 1.33 bits per heavy atom. The van der Waals surface area contributed by atoms with Crippen molar-refractivity contribution in [1.29, 1.82) is 0 Å².